The van der Waals surface area contributed by atoms with E-state index in [-0.39, 0.29) is 5.91 Å². The fourth-order valence-corrected chi connectivity index (χ4v) is 1.21. The molecule has 1 rings (SSSR count). The van der Waals surface area contributed by atoms with Crippen molar-refractivity contribution >= 4 is 11.8 Å². The Morgan fingerprint density at radius 1 is 1.83 bits per heavy atom. The zero-order valence-electron chi connectivity index (χ0n) is 6.91. The molecule has 5 nitrogen and oxygen atoms in total. The summed E-state index contributed by atoms with van der Waals surface area (Å²) in [6, 6.07) is -0.460. The van der Waals surface area contributed by atoms with Crippen LogP contribution < -0.4 is 5.32 Å². The number of piperazine rings is 1. The van der Waals surface area contributed by atoms with Gasteiger partial charge in [0.2, 0.25) is 11.8 Å². The number of nitrogens with zero attached hydrogens (tertiary/aromatic N) is 1. The van der Waals surface area contributed by atoms with E-state index in [9.17, 15) is 9.59 Å². The van der Waals surface area contributed by atoms with Crippen LogP contribution in [-0.2, 0) is 9.59 Å². The molecule has 1 atom stereocenters. The second-order valence-electron chi connectivity index (χ2n) is 2.71. The van der Waals surface area contributed by atoms with E-state index < -0.39 is 18.6 Å². The van der Waals surface area contributed by atoms with Gasteiger partial charge in [-0.15, -0.1) is 0 Å². The van der Waals surface area contributed by atoms with Crippen molar-refractivity contribution in [1.82, 2.24) is 10.2 Å². The average molecular weight is 172 g/mol. The molecule has 5 heteroatoms. The molecule has 1 saturated heterocycles. The van der Waals surface area contributed by atoms with Gasteiger partial charge in [0, 0.05) is 13.1 Å². The molecule has 0 aromatic heterocycles. The first-order chi connectivity index (χ1) is 5.66. The van der Waals surface area contributed by atoms with Crippen molar-refractivity contribution in [2.24, 2.45) is 0 Å². The molecule has 0 saturated carbocycles. The number of amides is 2. The van der Waals surface area contributed by atoms with Crippen LogP contribution >= 0.6 is 0 Å². The van der Waals surface area contributed by atoms with Crippen LogP contribution in [0.15, 0.2) is 0 Å². The lowest BCUT2D eigenvalue weighted by atomic mass is 10.2. The summed E-state index contributed by atoms with van der Waals surface area (Å²) in [6.45, 7) is 2.06. The molecule has 0 aromatic rings. The molecule has 0 bridgehead atoms. The molecule has 1 aliphatic heterocycles. The molecule has 0 radical (unpaired) electrons. The topological polar surface area (TPSA) is 69.6 Å². The van der Waals surface area contributed by atoms with Crippen molar-refractivity contribution in [3.8, 4) is 0 Å². The van der Waals surface area contributed by atoms with E-state index in [1.807, 2.05) is 0 Å². The fraction of sp³-hybridized carbons (Fsp3) is 0.714. The van der Waals surface area contributed by atoms with Crippen LogP contribution in [0.25, 0.3) is 0 Å². The van der Waals surface area contributed by atoms with Crippen molar-refractivity contribution in [3.05, 3.63) is 0 Å². The minimum atomic E-state index is -0.530. The van der Waals surface area contributed by atoms with Gasteiger partial charge in [0.15, 0.2) is 0 Å². The Morgan fingerprint density at radius 2 is 2.50 bits per heavy atom. The first-order valence-electron chi connectivity index (χ1n) is 3.85. The molecule has 2 amide bonds. The highest BCUT2D eigenvalue weighted by Gasteiger charge is 2.28. The van der Waals surface area contributed by atoms with Crippen LogP contribution in [0.4, 0.5) is 0 Å². The van der Waals surface area contributed by atoms with Gasteiger partial charge in [-0.05, 0) is 6.92 Å². The van der Waals surface area contributed by atoms with Crippen molar-refractivity contribution in [1.29, 1.82) is 0 Å². The lowest BCUT2D eigenvalue weighted by Gasteiger charge is -2.32. The number of nitrogens with one attached hydrogen (secondary N) is 1. The Kier molecular flexibility index (Phi) is 2.65. The lowest BCUT2D eigenvalue weighted by molar-refractivity contribution is -0.144. The van der Waals surface area contributed by atoms with Crippen LogP contribution in [0, 0.1) is 0 Å². The molecular weight excluding hydrogens is 160 g/mol. The molecule has 0 aliphatic carbocycles. The van der Waals surface area contributed by atoms with Gasteiger partial charge in [-0.1, -0.05) is 0 Å². The molecule has 1 aliphatic rings. The number of aliphatic hydroxyl groups is 1. The molecule has 1 fully saturated rings. The quantitative estimate of drug-likeness (QED) is 0.496. The van der Waals surface area contributed by atoms with E-state index in [4.69, 9.17) is 5.11 Å². The van der Waals surface area contributed by atoms with Crippen molar-refractivity contribution < 1.29 is 14.7 Å². The van der Waals surface area contributed by atoms with Gasteiger partial charge in [-0.25, -0.2) is 0 Å². The van der Waals surface area contributed by atoms with Gasteiger partial charge in [0.1, 0.15) is 12.6 Å². The van der Waals surface area contributed by atoms with Crippen molar-refractivity contribution in [2.75, 3.05) is 19.7 Å². The first kappa shape index (κ1) is 8.99. The highest BCUT2D eigenvalue weighted by atomic mass is 16.3. The van der Waals surface area contributed by atoms with Gasteiger partial charge >= 0.3 is 0 Å². The lowest BCUT2D eigenvalue weighted by Crippen LogP contribution is -2.56. The highest BCUT2D eigenvalue weighted by molar-refractivity contribution is 5.88. The normalized spacial score (nSPS) is 23.7. The Balaban J connectivity index is 2.63. The van der Waals surface area contributed by atoms with E-state index in [0.717, 1.165) is 0 Å². The van der Waals surface area contributed by atoms with E-state index in [2.05, 4.69) is 5.32 Å². The first-order valence-corrected chi connectivity index (χ1v) is 3.85. The molecule has 1 heterocycles. The second-order valence-corrected chi connectivity index (χ2v) is 2.71. The third-order valence-electron chi connectivity index (χ3n) is 1.95. The van der Waals surface area contributed by atoms with Gasteiger partial charge in [0.25, 0.3) is 0 Å². The summed E-state index contributed by atoms with van der Waals surface area (Å²) < 4.78 is 0. The smallest absolute Gasteiger partial charge is 0.249 e. The minimum absolute atomic E-state index is 0.164. The molecule has 12 heavy (non-hydrogen) atoms. The molecule has 0 aromatic carbocycles. The van der Waals surface area contributed by atoms with Gasteiger partial charge < -0.3 is 15.3 Å². The summed E-state index contributed by atoms with van der Waals surface area (Å²) in [5.41, 5.74) is 0. The van der Waals surface area contributed by atoms with E-state index in [0.29, 0.717) is 13.1 Å². The van der Waals surface area contributed by atoms with Gasteiger partial charge in [-0.3, -0.25) is 9.59 Å². The fourth-order valence-electron chi connectivity index (χ4n) is 1.21. The largest absolute Gasteiger partial charge is 0.387 e. The van der Waals surface area contributed by atoms with Crippen LogP contribution in [0.5, 0.6) is 0 Å². The van der Waals surface area contributed by atoms with E-state index >= 15 is 0 Å². The summed E-state index contributed by atoms with van der Waals surface area (Å²) in [5.74, 6) is -0.555. The molecular formula is C7H12N2O3. The summed E-state index contributed by atoms with van der Waals surface area (Å²) in [6.07, 6.45) is 0. The predicted octanol–water partition coefficient (Wildman–Crippen LogP) is -1.67. The molecule has 2 N–H and O–H groups in total. The Labute approximate surface area is 70.4 Å². The number of aliphatic hydroxyl groups excluding tert-OH is 1. The maximum atomic E-state index is 11.0. The number of carbonyl (C=O) groups is 2. The zero-order valence-corrected chi connectivity index (χ0v) is 6.91. The SMILES string of the molecule is CC1C(=O)NCCN1C(=O)CO. The standard InChI is InChI=1S/C7H12N2O3/c1-5-7(12)8-2-3-9(5)6(11)4-10/h5,10H,2-4H2,1H3,(H,8,12). The van der Waals surface area contributed by atoms with Crippen LogP contribution in [0.3, 0.4) is 0 Å². The zero-order chi connectivity index (χ0) is 9.14. The second kappa shape index (κ2) is 3.53. The monoisotopic (exact) mass is 172 g/mol. The maximum absolute atomic E-state index is 11.0. The Hall–Kier alpha value is -1.10. The summed E-state index contributed by atoms with van der Waals surface area (Å²) in [5, 5.41) is 11.2. The summed E-state index contributed by atoms with van der Waals surface area (Å²) in [7, 11) is 0. The van der Waals surface area contributed by atoms with Crippen LogP contribution in [0.1, 0.15) is 6.92 Å². The average Bonchev–Trinajstić information content (AvgIpc) is 2.08. The third-order valence-corrected chi connectivity index (χ3v) is 1.95. The highest BCUT2D eigenvalue weighted by Crippen LogP contribution is 2.03. The van der Waals surface area contributed by atoms with Gasteiger partial charge in [0.05, 0.1) is 0 Å². The Morgan fingerprint density at radius 3 is 3.08 bits per heavy atom. The number of rotatable bonds is 1. The number of carbonyl (C=O) groups excluding carboxylic acids is 2. The van der Waals surface area contributed by atoms with E-state index in [1.165, 1.54) is 4.90 Å². The summed E-state index contributed by atoms with van der Waals surface area (Å²) >= 11 is 0. The van der Waals surface area contributed by atoms with Crippen LogP contribution in [0.2, 0.25) is 0 Å². The van der Waals surface area contributed by atoms with E-state index in [1.54, 1.807) is 6.92 Å². The third kappa shape index (κ3) is 1.55. The molecule has 0 spiro atoms. The summed E-state index contributed by atoms with van der Waals surface area (Å²) in [4.78, 5) is 23.4. The maximum Gasteiger partial charge on any atom is 0.249 e. The molecule has 1 unspecified atom stereocenters. The Bertz CT molecular complexity index is 205. The predicted molar refractivity (Wildman–Crippen MR) is 41.3 cm³/mol. The van der Waals surface area contributed by atoms with Crippen molar-refractivity contribution in [3.63, 3.8) is 0 Å². The van der Waals surface area contributed by atoms with Crippen LogP contribution in [-0.4, -0.2) is 47.6 Å². The number of hydrogen-bond acceptors (Lipinski definition) is 3. The molecule has 68 valence electrons. The van der Waals surface area contributed by atoms with Gasteiger partial charge in [-0.2, -0.15) is 0 Å². The number of hydrogen-bond donors (Lipinski definition) is 2. The minimum Gasteiger partial charge on any atom is -0.387 e. The van der Waals surface area contributed by atoms with Crippen molar-refractivity contribution in [2.45, 2.75) is 13.0 Å².